The summed E-state index contributed by atoms with van der Waals surface area (Å²) in [6, 6.07) is 17.3. The number of aromatic nitrogens is 2. The van der Waals surface area contributed by atoms with Crippen molar-refractivity contribution in [2.75, 3.05) is 7.11 Å². The molecule has 1 N–H and O–H groups in total. The van der Waals surface area contributed by atoms with Gasteiger partial charge in [-0.15, -0.1) is 0 Å². The maximum atomic E-state index is 5.94. The summed E-state index contributed by atoms with van der Waals surface area (Å²) in [7, 11) is 1.62. The van der Waals surface area contributed by atoms with E-state index in [-0.39, 0.29) is 0 Å². The van der Waals surface area contributed by atoms with E-state index >= 15 is 0 Å². The van der Waals surface area contributed by atoms with Gasteiger partial charge >= 0.3 is 0 Å². The zero-order valence-corrected chi connectivity index (χ0v) is 13.5. The third-order valence-corrected chi connectivity index (χ3v) is 3.47. The Kier molecular flexibility index (Phi) is 5.37. The normalized spacial score (nSPS) is 10.4. The van der Waals surface area contributed by atoms with Crippen LogP contribution in [0.4, 0.5) is 0 Å². The van der Waals surface area contributed by atoms with Gasteiger partial charge in [0.2, 0.25) is 5.88 Å². The molecule has 0 atom stereocenters. The van der Waals surface area contributed by atoms with Crippen LogP contribution in [-0.2, 0) is 13.1 Å². The van der Waals surface area contributed by atoms with Crippen molar-refractivity contribution in [3.63, 3.8) is 0 Å². The highest BCUT2D eigenvalue weighted by Gasteiger charge is 2.09. The minimum atomic E-state index is 0.565. The second-order valence-corrected chi connectivity index (χ2v) is 5.15. The van der Waals surface area contributed by atoms with Gasteiger partial charge in [-0.05, 0) is 30.3 Å². The lowest BCUT2D eigenvalue weighted by Gasteiger charge is -2.12. The van der Waals surface area contributed by atoms with Gasteiger partial charge < -0.3 is 14.8 Å². The van der Waals surface area contributed by atoms with Gasteiger partial charge in [-0.3, -0.25) is 4.98 Å². The number of methoxy groups -OCH3 is 1. The summed E-state index contributed by atoms with van der Waals surface area (Å²) >= 11 is 0. The van der Waals surface area contributed by atoms with E-state index in [4.69, 9.17) is 9.47 Å². The number of hydrogen-bond donors (Lipinski definition) is 1. The number of nitrogens with zero attached hydrogens (tertiary/aromatic N) is 2. The first-order valence-corrected chi connectivity index (χ1v) is 7.72. The lowest BCUT2D eigenvalue weighted by Crippen LogP contribution is -2.14. The second kappa shape index (κ2) is 8.08. The van der Waals surface area contributed by atoms with Crippen molar-refractivity contribution in [1.29, 1.82) is 0 Å². The summed E-state index contributed by atoms with van der Waals surface area (Å²) in [4.78, 5) is 8.64. The third kappa shape index (κ3) is 4.08. The maximum Gasteiger partial charge on any atom is 0.223 e. The SMILES string of the molecule is COc1ccccc1Oc1ncccc1CNCc1ccccn1. The first-order chi connectivity index (χ1) is 11.9. The number of rotatable bonds is 7. The molecule has 0 aliphatic rings. The van der Waals surface area contributed by atoms with E-state index in [9.17, 15) is 0 Å². The molecule has 24 heavy (non-hydrogen) atoms. The fourth-order valence-electron chi connectivity index (χ4n) is 2.29. The van der Waals surface area contributed by atoms with Crippen molar-refractivity contribution in [1.82, 2.24) is 15.3 Å². The van der Waals surface area contributed by atoms with Crippen molar-refractivity contribution in [2.24, 2.45) is 0 Å². The molecular formula is C19H19N3O2. The highest BCUT2D eigenvalue weighted by atomic mass is 16.5. The van der Waals surface area contributed by atoms with Gasteiger partial charge in [0.25, 0.3) is 0 Å². The Balaban J connectivity index is 1.69. The van der Waals surface area contributed by atoms with Crippen LogP contribution >= 0.6 is 0 Å². The summed E-state index contributed by atoms with van der Waals surface area (Å²) in [5, 5.41) is 3.36. The van der Waals surface area contributed by atoms with Crippen LogP contribution in [0.15, 0.2) is 67.0 Å². The smallest absolute Gasteiger partial charge is 0.223 e. The van der Waals surface area contributed by atoms with Crippen molar-refractivity contribution in [3.8, 4) is 17.4 Å². The van der Waals surface area contributed by atoms with Gasteiger partial charge in [-0.1, -0.05) is 24.3 Å². The van der Waals surface area contributed by atoms with E-state index in [1.165, 1.54) is 0 Å². The predicted octanol–water partition coefficient (Wildman–Crippen LogP) is 3.57. The second-order valence-electron chi connectivity index (χ2n) is 5.15. The number of hydrogen-bond acceptors (Lipinski definition) is 5. The first-order valence-electron chi connectivity index (χ1n) is 7.72. The Morgan fingerprint density at radius 2 is 1.62 bits per heavy atom. The molecule has 2 aromatic heterocycles. The zero-order chi connectivity index (χ0) is 16.6. The summed E-state index contributed by atoms with van der Waals surface area (Å²) in [6.45, 7) is 1.32. The van der Waals surface area contributed by atoms with Crippen molar-refractivity contribution >= 4 is 0 Å². The molecule has 2 heterocycles. The standard InChI is InChI=1S/C19H19N3O2/c1-23-17-9-2-3-10-18(17)24-19-15(7-6-12-22-19)13-20-14-16-8-4-5-11-21-16/h2-12,20H,13-14H2,1H3. The number of pyridine rings is 2. The Morgan fingerprint density at radius 1 is 0.833 bits per heavy atom. The molecule has 0 fully saturated rings. The van der Waals surface area contributed by atoms with E-state index in [0.717, 1.165) is 11.3 Å². The van der Waals surface area contributed by atoms with Crippen LogP contribution < -0.4 is 14.8 Å². The molecule has 0 unspecified atom stereocenters. The third-order valence-electron chi connectivity index (χ3n) is 3.47. The maximum absolute atomic E-state index is 5.94. The number of nitrogens with one attached hydrogen (secondary N) is 1. The lowest BCUT2D eigenvalue weighted by molar-refractivity contribution is 0.372. The minimum Gasteiger partial charge on any atom is -0.493 e. The quantitative estimate of drug-likeness (QED) is 0.721. The fraction of sp³-hybridized carbons (Fsp3) is 0.158. The minimum absolute atomic E-state index is 0.565. The molecule has 0 aliphatic heterocycles. The highest BCUT2D eigenvalue weighted by Crippen LogP contribution is 2.31. The van der Waals surface area contributed by atoms with Gasteiger partial charge in [0.15, 0.2) is 11.5 Å². The molecule has 5 nitrogen and oxygen atoms in total. The van der Waals surface area contributed by atoms with Crippen LogP contribution in [0.5, 0.6) is 17.4 Å². The molecule has 0 saturated heterocycles. The Hall–Kier alpha value is -2.92. The Labute approximate surface area is 141 Å². The van der Waals surface area contributed by atoms with Gasteiger partial charge in [-0.25, -0.2) is 4.98 Å². The van der Waals surface area contributed by atoms with Gasteiger partial charge in [0.05, 0.1) is 12.8 Å². The molecule has 3 aromatic rings. The van der Waals surface area contributed by atoms with Crippen LogP contribution in [0.3, 0.4) is 0 Å². The van der Waals surface area contributed by atoms with Crippen LogP contribution in [0.2, 0.25) is 0 Å². The Morgan fingerprint density at radius 3 is 2.42 bits per heavy atom. The number of benzene rings is 1. The average molecular weight is 321 g/mol. The van der Waals surface area contributed by atoms with Crippen LogP contribution in [0, 0.1) is 0 Å². The molecule has 0 bridgehead atoms. The van der Waals surface area contributed by atoms with Crippen LogP contribution in [-0.4, -0.2) is 17.1 Å². The predicted molar refractivity (Wildman–Crippen MR) is 92.1 cm³/mol. The number of para-hydroxylation sites is 2. The van der Waals surface area contributed by atoms with E-state index < -0.39 is 0 Å². The van der Waals surface area contributed by atoms with Crippen molar-refractivity contribution < 1.29 is 9.47 Å². The first kappa shape index (κ1) is 16.0. The van der Waals surface area contributed by atoms with Crippen molar-refractivity contribution in [3.05, 3.63) is 78.2 Å². The molecule has 3 rings (SSSR count). The topological polar surface area (TPSA) is 56.3 Å². The van der Waals surface area contributed by atoms with E-state index in [1.54, 1.807) is 19.5 Å². The average Bonchev–Trinajstić information content (AvgIpc) is 2.64. The largest absolute Gasteiger partial charge is 0.493 e. The monoisotopic (exact) mass is 321 g/mol. The molecule has 0 saturated carbocycles. The summed E-state index contributed by atoms with van der Waals surface area (Å²) < 4.78 is 11.3. The number of ether oxygens (including phenoxy) is 2. The zero-order valence-electron chi connectivity index (χ0n) is 13.5. The summed E-state index contributed by atoms with van der Waals surface area (Å²) in [5.41, 5.74) is 1.97. The summed E-state index contributed by atoms with van der Waals surface area (Å²) in [6.07, 6.45) is 3.50. The molecule has 0 aliphatic carbocycles. The Bertz CT molecular complexity index is 778. The molecule has 0 spiro atoms. The van der Waals surface area contributed by atoms with E-state index in [2.05, 4.69) is 15.3 Å². The van der Waals surface area contributed by atoms with Gasteiger partial charge in [0.1, 0.15) is 0 Å². The fourth-order valence-corrected chi connectivity index (χ4v) is 2.29. The molecular weight excluding hydrogens is 302 g/mol. The van der Waals surface area contributed by atoms with E-state index in [0.29, 0.717) is 30.5 Å². The summed E-state index contributed by atoms with van der Waals surface area (Å²) in [5.74, 6) is 1.88. The van der Waals surface area contributed by atoms with Crippen LogP contribution in [0.25, 0.3) is 0 Å². The lowest BCUT2D eigenvalue weighted by atomic mass is 10.2. The van der Waals surface area contributed by atoms with Gasteiger partial charge in [0, 0.05) is 31.0 Å². The van der Waals surface area contributed by atoms with Crippen molar-refractivity contribution in [2.45, 2.75) is 13.1 Å². The van der Waals surface area contributed by atoms with Gasteiger partial charge in [-0.2, -0.15) is 0 Å². The molecule has 1 aromatic carbocycles. The van der Waals surface area contributed by atoms with Crippen LogP contribution in [0.1, 0.15) is 11.3 Å². The molecule has 0 amide bonds. The highest BCUT2D eigenvalue weighted by molar-refractivity contribution is 5.42. The molecule has 5 heteroatoms. The molecule has 0 radical (unpaired) electrons. The van der Waals surface area contributed by atoms with E-state index in [1.807, 2.05) is 54.6 Å². The molecule has 122 valence electrons.